The van der Waals surface area contributed by atoms with Gasteiger partial charge in [0.05, 0.1) is 19.9 Å². The summed E-state index contributed by atoms with van der Waals surface area (Å²) in [6, 6.07) is 12.4. The third-order valence-electron chi connectivity index (χ3n) is 3.90. The highest BCUT2D eigenvalue weighted by molar-refractivity contribution is 7.14. The summed E-state index contributed by atoms with van der Waals surface area (Å²) in [4.78, 5) is 16.9. The van der Waals surface area contributed by atoms with Gasteiger partial charge in [-0.05, 0) is 37.3 Å². The van der Waals surface area contributed by atoms with Gasteiger partial charge in [0, 0.05) is 22.0 Å². The number of aromatic nitrogens is 1. The molecule has 0 saturated carbocycles. The van der Waals surface area contributed by atoms with E-state index in [0.29, 0.717) is 33.1 Å². The first-order valence-electron chi connectivity index (χ1n) is 8.41. The van der Waals surface area contributed by atoms with Gasteiger partial charge < -0.3 is 14.2 Å². The van der Waals surface area contributed by atoms with Crippen LogP contribution in [0.4, 0.5) is 5.13 Å². The Morgan fingerprint density at radius 3 is 2.68 bits per heavy atom. The lowest BCUT2D eigenvalue weighted by Gasteiger charge is -2.13. The van der Waals surface area contributed by atoms with Gasteiger partial charge in [-0.3, -0.25) is 10.1 Å². The fourth-order valence-electron chi connectivity index (χ4n) is 2.47. The number of amides is 1. The van der Waals surface area contributed by atoms with Gasteiger partial charge in [0.25, 0.3) is 5.91 Å². The lowest BCUT2D eigenvalue weighted by atomic mass is 10.1. The van der Waals surface area contributed by atoms with Crippen LogP contribution < -0.4 is 19.5 Å². The SMILES string of the molecule is COc1ccc(-c2csc(NC(=O)C(C)Oc3cccc(Cl)c3)n2)c(OC)c1. The Labute approximate surface area is 172 Å². The number of rotatable bonds is 7. The highest BCUT2D eigenvalue weighted by atomic mass is 35.5. The van der Waals surface area contributed by atoms with Gasteiger partial charge in [-0.25, -0.2) is 4.98 Å². The van der Waals surface area contributed by atoms with E-state index in [1.807, 2.05) is 17.5 Å². The van der Waals surface area contributed by atoms with E-state index in [9.17, 15) is 4.79 Å². The molecule has 1 unspecified atom stereocenters. The topological polar surface area (TPSA) is 69.7 Å². The predicted octanol–water partition coefficient (Wildman–Crippen LogP) is 4.89. The quantitative estimate of drug-likeness (QED) is 0.591. The van der Waals surface area contributed by atoms with Crippen molar-refractivity contribution >= 4 is 34.0 Å². The molecule has 0 aliphatic rings. The Hall–Kier alpha value is -2.77. The van der Waals surface area contributed by atoms with Crippen LogP contribution in [0.3, 0.4) is 0 Å². The minimum atomic E-state index is -0.707. The van der Waals surface area contributed by atoms with Gasteiger partial charge in [-0.1, -0.05) is 17.7 Å². The molecule has 8 heteroatoms. The largest absolute Gasteiger partial charge is 0.497 e. The first-order chi connectivity index (χ1) is 13.5. The van der Waals surface area contributed by atoms with E-state index >= 15 is 0 Å². The third-order valence-corrected chi connectivity index (χ3v) is 4.89. The van der Waals surface area contributed by atoms with Gasteiger partial charge >= 0.3 is 0 Å². The van der Waals surface area contributed by atoms with E-state index in [-0.39, 0.29) is 5.91 Å². The minimum absolute atomic E-state index is 0.303. The number of thiazole rings is 1. The molecule has 1 amide bonds. The number of ether oxygens (including phenoxy) is 3. The smallest absolute Gasteiger partial charge is 0.266 e. The van der Waals surface area contributed by atoms with E-state index in [2.05, 4.69) is 10.3 Å². The fraction of sp³-hybridized carbons (Fsp3) is 0.200. The summed E-state index contributed by atoms with van der Waals surface area (Å²) in [6.45, 7) is 1.66. The van der Waals surface area contributed by atoms with E-state index in [1.165, 1.54) is 11.3 Å². The molecule has 0 aliphatic carbocycles. The second kappa shape index (κ2) is 8.95. The molecule has 1 atom stereocenters. The van der Waals surface area contributed by atoms with Crippen molar-refractivity contribution in [3.05, 3.63) is 52.9 Å². The second-order valence-electron chi connectivity index (χ2n) is 5.81. The molecule has 28 heavy (non-hydrogen) atoms. The lowest BCUT2D eigenvalue weighted by Crippen LogP contribution is -2.30. The summed E-state index contributed by atoms with van der Waals surface area (Å²) < 4.78 is 16.3. The average molecular weight is 419 g/mol. The number of halogens is 1. The molecule has 1 heterocycles. The second-order valence-corrected chi connectivity index (χ2v) is 7.11. The zero-order chi connectivity index (χ0) is 20.1. The summed E-state index contributed by atoms with van der Waals surface area (Å²) in [6.07, 6.45) is -0.707. The van der Waals surface area contributed by atoms with Crippen LogP contribution in [-0.4, -0.2) is 31.2 Å². The van der Waals surface area contributed by atoms with Crippen LogP contribution >= 0.6 is 22.9 Å². The Morgan fingerprint density at radius 2 is 1.96 bits per heavy atom. The maximum atomic E-state index is 12.4. The van der Waals surface area contributed by atoms with Gasteiger partial charge in [-0.15, -0.1) is 11.3 Å². The van der Waals surface area contributed by atoms with Crippen molar-refractivity contribution in [3.8, 4) is 28.5 Å². The van der Waals surface area contributed by atoms with Crippen LogP contribution in [0.15, 0.2) is 47.8 Å². The van der Waals surface area contributed by atoms with Crippen molar-refractivity contribution in [2.45, 2.75) is 13.0 Å². The number of carbonyl (C=O) groups excluding carboxylic acids is 1. The maximum Gasteiger partial charge on any atom is 0.266 e. The molecular formula is C20H19ClN2O4S. The molecule has 6 nitrogen and oxygen atoms in total. The molecule has 0 fully saturated rings. The van der Waals surface area contributed by atoms with E-state index in [4.69, 9.17) is 25.8 Å². The summed E-state index contributed by atoms with van der Waals surface area (Å²) >= 11 is 7.26. The molecule has 0 spiro atoms. The molecular weight excluding hydrogens is 400 g/mol. The molecule has 3 rings (SSSR count). The zero-order valence-corrected chi connectivity index (χ0v) is 17.1. The van der Waals surface area contributed by atoms with Gasteiger partial charge in [0.15, 0.2) is 11.2 Å². The number of benzene rings is 2. The molecule has 1 N–H and O–H groups in total. The number of anilines is 1. The van der Waals surface area contributed by atoms with Crippen LogP contribution in [0.25, 0.3) is 11.3 Å². The van der Waals surface area contributed by atoms with Gasteiger partial charge in [0.2, 0.25) is 0 Å². The van der Waals surface area contributed by atoms with Gasteiger partial charge in [0.1, 0.15) is 17.2 Å². The van der Waals surface area contributed by atoms with Crippen LogP contribution in [0.1, 0.15) is 6.92 Å². The van der Waals surface area contributed by atoms with Crippen molar-refractivity contribution in [3.63, 3.8) is 0 Å². The van der Waals surface area contributed by atoms with Crippen molar-refractivity contribution in [2.75, 3.05) is 19.5 Å². The molecule has 3 aromatic rings. The van der Waals surface area contributed by atoms with Gasteiger partial charge in [-0.2, -0.15) is 0 Å². The van der Waals surface area contributed by atoms with Crippen molar-refractivity contribution in [1.29, 1.82) is 0 Å². The molecule has 0 radical (unpaired) electrons. The molecule has 146 valence electrons. The third kappa shape index (κ3) is 4.74. The molecule has 0 aliphatic heterocycles. The van der Waals surface area contributed by atoms with Crippen LogP contribution in [-0.2, 0) is 4.79 Å². The number of methoxy groups -OCH3 is 2. The number of hydrogen-bond acceptors (Lipinski definition) is 6. The summed E-state index contributed by atoms with van der Waals surface area (Å²) in [7, 11) is 3.18. The first-order valence-corrected chi connectivity index (χ1v) is 9.67. The van der Waals surface area contributed by atoms with Crippen LogP contribution in [0.5, 0.6) is 17.2 Å². The van der Waals surface area contributed by atoms with Crippen molar-refractivity contribution in [1.82, 2.24) is 4.98 Å². The van der Waals surface area contributed by atoms with Crippen molar-refractivity contribution < 1.29 is 19.0 Å². The predicted molar refractivity (Wildman–Crippen MR) is 111 cm³/mol. The molecule has 0 bridgehead atoms. The van der Waals surface area contributed by atoms with E-state index in [1.54, 1.807) is 51.5 Å². The van der Waals surface area contributed by atoms with Crippen LogP contribution in [0.2, 0.25) is 5.02 Å². The Kier molecular flexibility index (Phi) is 6.38. The molecule has 2 aromatic carbocycles. The average Bonchev–Trinajstić information content (AvgIpc) is 3.15. The highest BCUT2D eigenvalue weighted by Crippen LogP contribution is 2.34. The molecule has 1 aromatic heterocycles. The minimum Gasteiger partial charge on any atom is -0.497 e. The monoisotopic (exact) mass is 418 g/mol. The fourth-order valence-corrected chi connectivity index (χ4v) is 3.36. The maximum absolute atomic E-state index is 12.4. The Balaban J connectivity index is 1.69. The van der Waals surface area contributed by atoms with E-state index in [0.717, 1.165) is 5.56 Å². The Bertz CT molecular complexity index is 976. The summed E-state index contributed by atoms with van der Waals surface area (Å²) in [5.74, 6) is 1.55. The normalized spacial score (nSPS) is 11.6. The van der Waals surface area contributed by atoms with Crippen LogP contribution in [0, 0.1) is 0 Å². The first kappa shape index (κ1) is 20.0. The molecule has 0 saturated heterocycles. The summed E-state index contributed by atoms with van der Waals surface area (Å²) in [5, 5.41) is 5.64. The number of nitrogens with zero attached hydrogens (tertiary/aromatic N) is 1. The standard InChI is InChI=1S/C20H19ClN2O4S/c1-12(27-15-6-4-5-13(21)9-15)19(24)23-20-22-17(11-28-20)16-8-7-14(25-2)10-18(16)26-3/h4-12H,1-3H3,(H,22,23,24). The number of hydrogen-bond donors (Lipinski definition) is 1. The number of carbonyl (C=O) groups is 1. The zero-order valence-electron chi connectivity index (χ0n) is 15.6. The van der Waals surface area contributed by atoms with Crippen molar-refractivity contribution in [2.24, 2.45) is 0 Å². The highest BCUT2D eigenvalue weighted by Gasteiger charge is 2.18. The Morgan fingerprint density at radius 1 is 1.14 bits per heavy atom. The lowest BCUT2D eigenvalue weighted by molar-refractivity contribution is -0.122. The number of nitrogens with one attached hydrogen (secondary N) is 1. The van der Waals surface area contributed by atoms with E-state index < -0.39 is 6.10 Å². The summed E-state index contributed by atoms with van der Waals surface area (Å²) in [5.41, 5.74) is 1.51.